The van der Waals surface area contributed by atoms with Crippen molar-refractivity contribution in [1.82, 2.24) is 0 Å². The molecule has 0 aliphatic heterocycles. The quantitative estimate of drug-likeness (QED) is 0.391. The summed E-state index contributed by atoms with van der Waals surface area (Å²) in [5.41, 5.74) is -4.30. The first kappa shape index (κ1) is 20.9. The number of alkyl halides is 3. The van der Waals surface area contributed by atoms with Gasteiger partial charge in [-0.1, -0.05) is 27.5 Å². The van der Waals surface area contributed by atoms with Crippen molar-refractivity contribution in [1.29, 1.82) is 0 Å². The second kappa shape index (κ2) is 7.69. The van der Waals surface area contributed by atoms with Crippen molar-refractivity contribution in [2.24, 2.45) is 0 Å². The molecule has 0 saturated carbocycles. The molecule has 2 aromatic rings. The maximum Gasteiger partial charge on any atom is 0.418 e. The van der Waals surface area contributed by atoms with Crippen LogP contribution in [0.25, 0.3) is 0 Å². The predicted molar refractivity (Wildman–Crippen MR) is 96.6 cm³/mol. The molecular formula is C15H10BrClF3N3O4. The summed E-state index contributed by atoms with van der Waals surface area (Å²) in [6.07, 6.45) is -5.07. The van der Waals surface area contributed by atoms with Crippen LogP contribution in [0.3, 0.4) is 0 Å². The first-order valence-electron chi connectivity index (χ1n) is 7.24. The first-order valence-corrected chi connectivity index (χ1v) is 8.41. The highest BCUT2D eigenvalue weighted by molar-refractivity contribution is 9.10. The highest BCUT2D eigenvalue weighted by Crippen LogP contribution is 2.47. The molecule has 0 unspecified atom stereocenters. The lowest BCUT2D eigenvalue weighted by Crippen LogP contribution is -2.22. The van der Waals surface area contributed by atoms with E-state index in [1.807, 2.05) is 0 Å². The zero-order valence-electron chi connectivity index (χ0n) is 13.5. The van der Waals surface area contributed by atoms with Gasteiger partial charge in [0.25, 0.3) is 11.4 Å². The third-order valence-electron chi connectivity index (χ3n) is 3.57. The number of nitro groups is 2. The molecule has 27 heavy (non-hydrogen) atoms. The molecular weight excluding hydrogens is 459 g/mol. The minimum atomic E-state index is -5.07. The summed E-state index contributed by atoms with van der Waals surface area (Å²) in [5.74, 6) is 0. The predicted octanol–water partition coefficient (Wildman–Crippen LogP) is 6.10. The van der Waals surface area contributed by atoms with Crippen LogP contribution >= 0.6 is 27.5 Å². The lowest BCUT2D eigenvalue weighted by atomic mass is 10.1. The normalized spacial score (nSPS) is 11.3. The third kappa shape index (κ3) is 4.30. The van der Waals surface area contributed by atoms with Gasteiger partial charge in [0.1, 0.15) is 5.69 Å². The van der Waals surface area contributed by atoms with E-state index in [2.05, 4.69) is 15.9 Å². The largest absolute Gasteiger partial charge is 0.418 e. The second-order valence-corrected chi connectivity index (χ2v) is 6.54. The van der Waals surface area contributed by atoms with E-state index in [0.717, 1.165) is 4.90 Å². The molecule has 0 aromatic heterocycles. The van der Waals surface area contributed by atoms with Crippen LogP contribution in [0.15, 0.2) is 34.8 Å². The van der Waals surface area contributed by atoms with Crippen molar-refractivity contribution in [3.63, 3.8) is 0 Å². The number of nitro benzene ring substituents is 2. The Hall–Kier alpha value is -2.40. The van der Waals surface area contributed by atoms with Crippen LogP contribution in [-0.4, -0.2) is 16.4 Å². The van der Waals surface area contributed by atoms with Gasteiger partial charge in [-0.3, -0.25) is 20.2 Å². The van der Waals surface area contributed by atoms with E-state index < -0.39 is 38.6 Å². The van der Waals surface area contributed by atoms with Crippen molar-refractivity contribution in [3.8, 4) is 0 Å². The van der Waals surface area contributed by atoms with Gasteiger partial charge in [0, 0.05) is 17.1 Å². The standard InChI is InChI=1S/C15H10BrClF3N3O4/c1-2-21(12-4-3-8(16)5-11(12)17)14-10(15(18,19)20)6-9(22(24)25)7-13(14)23(26)27/h3-7H,2H2,1H3. The summed E-state index contributed by atoms with van der Waals surface area (Å²) >= 11 is 9.27. The summed E-state index contributed by atoms with van der Waals surface area (Å²) in [6.45, 7) is 1.37. The van der Waals surface area contributed by atoms with E-state index in [9.17, 15) is 33.4 Å². The van der Waals surface area contributed by atoms with E-state index >= 15 is 0 Å². The fourth-order valence-corrected chi connectivity index (χ4v) is 3.27. The molecule has 12 heteroatoms. The van der Waals surface area contributed by atoms with Gasteiger partial charge in [0.2, 0.25) is 0 Å². The minimum Gasteiger partial charge on any atom is -0.334 e. The van der Waals surface area contributed by atoms with Crippen LogP contribution < -0.4 is 4.90 Å². The Labute approximate surface area is 163 Å². The molecule has 0 N–H and O–H groups in total. The van der Waals surface area contributed by atoms with E-state index in [4.69, 9.17) is 11.6 Å². The molecule has 0 radical (unpaired) electrons. The average Bonchev–Trinajstić information content (AvgIpc) is 2.55. The second-order valence-electron chi connectivity index (χ2n) is 5.21. The van der Waals surface area contributed by atoms with Crippen molar-refractivity contribution in [3.05, 3.63) is 65.6 Å². The van der Waals surface area contributed by atoms with Crippen LogP contribution in [0.2, 0.25) is 5.02 Å². The Morgan fingerprint density at radius 1 is 1.15 bits per heavy atom. The SMILES string of the molecule is CCN(c1ccc(Br)cc1Cl)c1c([N+](=O)[O-])cc([N+](=O)[O-])cc1C(F)(F)F. The van der Waals surface area contributed by atoms with Crippen LogP contribution in [0.5, 0.6) is 0 Å². The molecule has 0 atom stereocenters. The summed E-state index contributed by atoms with van der Waals surface area (Å²) in [5, 5.41) is 22.4. The van der Waals surface area contributed by atoms with Crippen molar-refractivity contribution < 1.29 is 23.0 Å². The average molecular weight is 469 g/mol. The van der Waals surface area contributed by atoms with E-state index in [0.29, 0.717) is 10.5 Å². The zero-order chi connectivity index (χ0) is 20.5. The number of nitrogens with zero attached hydrogens (tertiary/aromatic N) is 3. The van der Waals surface area contributed by atoms with Crippen LogP contribution in [0, 0.1) is 20.2 Å². The van der Waals surface area contributed by atoms with Gasteiger partial charge in [-0.15, -0.1) is 0 Å². The summed E-state index contributed by atoms with van der Waals surface area (Å²) in [4.78, 5) is 21.2. The molecule has 2 rings (SSSR count). The summed E-state index contributed by atoms with van der Waals surface area (Å²) in [6, 6.07) is 5.09. The Bertz CT molecular complexity index is 924. The molecule has 0 heterocycles. The molecule has 0 aliphatic carbocycles. The number of non-ortho nitro benzene ring substituents is 1. The van der Waals surface area contributed by atoms with Gasteiger partial charge in [0.05, 0.1) is 32.2 Å². The minimum absolute atomic E-state index is 0.0481. The lowest BCUT2D eigenvalue weighted by molar-refractivity contribution is -0.394. The maximum atomic E-state index is 13.6. The van der Waals surface area contributed by atoms with E-state index in [-0.39, 0.29) is 23.3 Å². The molecule has 0 saturated heterocycles. The van der Waals surface area contributed by atoms with Gasteiger partial charge in [-0.25, -0.2) is 0 Å². The molecule has 0 bridgehead atoms. The molecule has 0 aliphatic rings. The fourth-order valence-electron chi connectivity index (χ4n) is 2.50. The Kier molecular flexibility index (Phi) is 5.95. The van der Waals surface area contributed by atoms with Crippen LogP contribution in [0.4, 0.5) is 35.9 Å². The monoisotopic (exact) mass is 467 g/mol. The highest BCUT2D eigenvalue weighted by Gasteiger charge is 2.41. The van der Waals surface area contributed by atoms with Crippen LogP contribution in [-0.2, 0) is 6.18 Å². The Morgan fingerprint density at radius 3 is 2.22 bits per heavy atom. The number of halogens is 5. The number of rotatable bonds is 5. The van der Waals surface area contributed by atoms with Gasteiger partial charge >= 0.3 is 6.18 Å². The number of hydrogen-bond acceptors (Lipinski definition) is 5. The smallest absolute Gasteiger partial charge is 0.334 e. The fraction of sp³-hybridized carbons (Fsp3) is 0.200. The number of benzene rings is 2. The van der Waals surface area contributed by atoms with Gasteiger partial charge in [-0.2, -0.15) is 13.2 Å². The van der Waals surface area contributed by atoms with Crippen molar-refractivity contribution in [2.75, 3.05) is 11.4 Å². The summed E-state index contributed by atoms with van der Waals surface area (Å²) in [7, 11) is 0. The van der Waals surface area contributed by atoms with E-state index in [1.54, 1.807) is 0 Å². The van der Waals surface area contributed by atoms with Crippen LogP contribution in [0.1, 0.15) is 12.5 Å². The first-order chi connectivity index (χ1) is 12.5. The van der Waals surface area contributed by atoms with Crippen molar-refractivity contribution in [2.45, 2.75) is 13.1 Å². The molecule has 144 valence electrons. The number of hydrogen-bond donors (Lipinski definition) is 0. The van der Waals surface area contributed by atoms with E-state index in [1.165, 1.54) is 25.1 Å². The number of anilines is 2. The molecule has 0 fully saturated rings. The van der Waals surface area contributed by atoms with Gasteiger partial charge in [0.15, 0.2) is 0 Å². The molecule has 0 amide bonds. The van der Waals surface area contributed by atoms with Gasteiger partial charge < -0.3 is 4.90 Å². The lowest BCUT2D eigenvalue weighted by Gasteiger charge is -2.27. The molecule has 7 nitrogen and oxygen atoms in total. The molecule has 2 aromatic carbocycles. The molecule has 0 spiro atoms. The maximum absolute atomic E-state index is 13.6. The topological polar surface area (TPSA) is 89.5 Å². The zero-order valence-corrected chi connectivity index (χ0v) is 15.8. The third-order valence-corrected chi connectivity index (χ3v) is 4.37. The van der Waals surface area contributed by atoms with Crippen molar-refractivity contribution >= 4 is 50.3 Å². The Morgan fingerprint density at radius 2 is 1.78 bits per heavy atom. The van der Waals surface area contributed by atoms with Gasteiger partial charge in [-0.05, 0) is 25.1 Å². The highest BCUT2D eigenvalue weighted by atomic mass is 79.9. The summed E-state index contributed by atoms with van der Waals surface area (Å²) < 4.78 is 41.4. The Balaban J connectivity index is 2.90.